The van der Waals surface area contributed by atoms with E-state index < -0.39 is 0 Å². The number of hydrogen-bond acceptors (Lipinski definition) is 4. The van der Waals surface area contributed by atoms with Gasteiger partial charge in [-0.3, -0.25) is 0 Å². The summed E-state index contributed by atoms with van der Waals surface area (Å²) < 4.78 is 0. The maximum atomic E-state index is 11.7. The minimum atomic E-state index is -0.136. The molecule has 2 aliphatic rings. The number of nitrogens with one attached hydrogen (secondary N) is 2. The number of likely N-dealkylation sites (N-methyl/N-ethyl adjacent to an activating group) is 1. The van der Waals surface area contributed by atoms with Crippen molar-refractivity contribution in [3.05, 3.63) is 18.3 Å². The van der Waals surface area contributed by atoms with Gasteiger partial charge >= 0.3 is 6.03 Å². The van der Waals surface area contributed by atoms with Crippen molar-refractivity contribution in [3.63, 3.8) is 0 Å². The average molecular weight is 289 g/mol. The molecule has 0 radical (unpaired) electrons. The third-order valence-corrected chi connectivity index (χ3v) is 4.06. The molecule has 114 valence electrons. The van der Waals surface area contributed by atoms with Gasteiger partial charge in [-0.15, -0.1) is 0 Å². The van der Waals surface area contributed by atoms with Crippen LogP contribution >= 0.6 is 0 Å². The molecule has 1 saturated heterocycles. The van der Waals surface area contributed by atoms with Crippen LogP contribution in [0.25, 0.3) is 0 Å². The van der Waals surface area contributed by atoms with E-state index in [2.05, 4.69) is 32.3 Å². The zero-order valence-electron chi connectivity index (χ0n) is 12.5. The van der Waals surface area contributed by atoms with E-state index in [4.69, 9.17) is 0 Å². The van der Waals surface area contributed by atoms with Crippen LogP contribution in [-0.4, -0.2) is 54.7 Å². The second kappa shape index (κ2) is 6.30. The summed E-state index contributed by atoms with van der Waals surface area (Å²) in [5, 5.41) is 5.72. The lowest BCUT2D eigenvalue weighted by Gasteiger charge is -2.34. The summed E-state index contributed by atoms with van der Waals surface area (Å²) in [6, 6.07) is 4.13. The summed E-state index contributed by atoms with van der Waals surface area (Å²) in [6.45, 7) is 7.50. The Balaban J connectivity index is 1.52. The van der Waals surface area contributed by atoms with Crippen molar-refractivity contribution in [2.75, 3.05) is 42.9 Å². The highest BCUT2D eigenvalue weighted by atomic mass is 16.2. The fraction of sp³-hybridized carbons (Fsp3) is 0.600. The smallest absolute Gasteiger partial charge is 0.319 e. The standard InChI is InChI=1S/C15H23N5O/c1-2-19-7-9-20(10-8-19)14-6-5-13(11-16-14)18-15(21)17-12-3-4-12/h5-6,11-12H,2-4,7-10H2,1H3,(H2,17,18,21). The molecule has 6 heteroatoms. The zero-order chi connectivity index (χ0) is 14.7. The molecule has 1 aromatic heterocycles. The molecule has 0 spiro atoms. The van der Waals surface area contributed by atoms with Gasteiger partial charge in [0.2, 0.25) is 0 Å². The number of carbonyl (C=O) groups is 1. The number of rotatable bonds is 4. The number of amides is 2. The van der Waals surface area contributed by atoms with Crippen LogP contribution in [0.4, 0.5) is 16.3 Å². The van der Waals surface area contributed by atoms with Gasteiger partial charge in [0, 0.05) is 32.2 Å². The summed E-state index contributed by atoms with van der Waals surface area (Å²) in [6.07, 6.45) is 3.91. The first-order valence-corrected chi connectivity index (χ1v) is 7.75. The van der Waals surface area contributed by atoms with Crippen molar-refractivity contribution in [2.24, 2.45) is 0 Å². The molecule has 6 nitrogen and oxygen atoms in total. The van der Waals surface area contributed by atoms with E-state index in [1.165, 1.54) is 0 Å². The molecule has 21 heavy (non-hydrogen) atoms. The van der Waals surface area contributed by atoms with Gasteiger partial charge in [-0.2, -0.15) is 0 Å². The third-order valence-electron chi connectivity index (χ3n) is 4.06. The Labute approximate surface area is 125 Å². The summed E-state index contributed by atoms with van der Waals surface area (Å²) in [5.41, 5.74) is 0.740. The van der Waals surface area contributed by atoms with E-state index in [1.54, 1.807) is 6.20 Å². The van der Waals surface area contributed by atoms with Gasteiger partial charge in [-0.25, -0.2) is 9.78 Å². The lowest BCUT2D eigenvalue weighted by Crippen LogP contribution is -2.46. The van der Waals surface area contributed by atoms with Gasteiger partial charge in [0.25, 0.3) is 0 Å². The van der Waals surface area contributed by atoms with E-state index in [0.29, 0.717) is 6.04 Å². The summed E-state index contributed by atoms with van der Waals surface area (Å²) in [5.74, 6) is 0.985. The minimum Gasteiger partial charge on any atom is -0.354 e. The van der Waals surface area contributed by atoms with Gasteiger partial charge in [-0.05, 0) is 31.5 Å². The highest BCUT2D eigenvalue weighted by Gasteiger charge is 2.23. The average Bonchev–Trinajstić information content (AvgIpc) is 3.32. The predicted molar refractivity (Wildman–Crippen MR) is 83.7 cm³/mol. The molecule has 2 N–H and O–H groups in total. The van der Waals surface area contributed by atoms with Crippen LogP contribution in [0.15, 0.2) is 18.3 Å². The Morgan fingerprint density at radius 2 is 2.05 bits per heavy atom. The van der Waals surface area contributed by atoms with Gasteiger partial charge in [0.15, 0.2) is 0 Å². The van der Waals surface area contributed by atoms with Crippen molar-refractivity contribution in [2.45, 2.75) is 25.8 Å². The second-order valence-electron chi connectivity index (χ2n) is 5.70. The van der Waals surface area contributed by atoms with Gasteiger partial charge in [-0.1, -0.05) is 6.92 Å². The summed E-state index contributed by atoms with van der Waals surface area (Å²) in [4.78, 5) is 20.8. The Kier molecular flexibility index (Phi) is 4.24. The van der Waals surface area contributed by atoms with Gasteiger partial charge in [0.1, 0.15) is 5.82 Å². The van der Waals surface area contributed by atoms with Crippen molar-refractivity contribution < 1.29 is 4.79 Å². The summed E-state index contributed by atoms with van der Waals surface area (Å²) in [7, 11) is 0. The monoisotopic (exact) mass is 289 g/mol. The van der Waals surface area contributed by atoms with E-state index in [1.807, 2.05) is 12.1 Å². The van der Waals surface area contributed by atoms with Crippen molar-refractivity contribution in [3.8, 4) is 0 Å². The number of pyridine rings is 1. The molecule has 1 aliphatic heterocycles. The number of aromatic nitrogens is 1. The molecular formula is C15H23N5O. The first-order valence-electron chi connectivity index (χ1n) is 7.75. The van der Waals surface area contributed by atoms with Crippen molar-refractivity contribution in [1.82, 2.24) is 15.2 Å². The normalized spacial score (nSPS) is 19.4. The van der Waals surface area contributed by atoms with Crippen LogP contribution in [0.3, 0.4) is 0 Å². The van der Waals surface area contributed by atoms with Crippen molar-refractivity contribution >= 4 is 17.5 Å². The fourth-order valence-electron chi connectivity index (χ4n) is 2.52. The molecule has 0 unspecified atom stereocenters. The number of urea groups is 1. The van der Waals surface area contributed by atoms with Gasteiger partial charge in [0.05, 0.1) is 11.9 Å². The second-order valence-corrected chi connectivity index (χ2v) is 5.70. The molecule has 2 fully saturated rings. The Hall–Kier alpha value is -1.82. The van der Waals surface area contributed by atoms with Crippen molar-refractivity contribution in [1.29, 1.82) is 0 Å². The van der Waals surface area contributed by atoms with Crippen LogP contribution in [-0.2, 0) is 0 Å². The molecule has 3 rings (SSSR count). The quantitative estimate of drug-likeness (QED) is 0.882. The third kappa shape index (κ3) is 3.85. The number of piperazine rings is 1. The lowest BCUT2D eigenvalue weighted by atomic mass is 10.3. The largest absolute Gasteiger partial charge is 0.354 e. The zero-order valence-corrected chi connectivity index (χ0v) is 12.5. The highest BCUT2D eigenvalue weighted by Crippen LogP contribution is 2.19. The number of nitrogens with zero attached hydrogens (tertiary/aromatic N) is 3. The molecular weight excluding hydrogens is 266 g/mol. The fourth-order valence-corrected chi connectivity index (χ4v) is 2.52. The van der Waals surface area contributed by atoms with E-state index in [0.717, 1.165) is 57.1 Å². The predicted octanol–water partition coefficient (Wildman–Crippen LogP) is 1.51. The summed E-state index contributed by atoms with van der Waals surface area (Å²) >= 11 is 0. The topological polar surface area (TPSA) is 60.5 Å². The lowest BCUT2D eigenvalue weighted by molar-refractivity contribution is 0.251. The maximum absolute atomic E-state index is 11.7. The first-order chi connectivity index (χ1) is 10.2. The van der Waals surface area contributed by atoms with Crippen LogP contribution < -0.4 is 15.5 Å². The molecule has 0 bridgehead atoms. The molecule has 1 aliphatic carbocycles. The van der Waals surface area contributed by atoms with E-state index >= 15 is 0 Å². The van der Waals surface area contributed by atoms with Crippen LogP contribution in [0.2, 0.25) is 0 Å². The SMILES string of the molecule is CCN1CCN(c2ccc(NC(=O)NC3CC3)cn2)CC1. The number of carbonyl (C=O) groups excluding carboxylic acids is 1. The van der Waals surface area contributed by atoms with E-state index in [9.17, 15) is 4.79 Å². The molecule has 0 aromatic carbocycles. The molecule has 2 amide bonds. The Morgan fingerprint density at radius 3 is 2.62 bits per heavy atom. The Bertz CT molecular complexity index is 477. The minimum absolute atomic E-state index is 0.136. The molecule has 0 atom stereocenters. The van der Waals surface area contributed by atoms with Crippen LogP contribution in [0.1, 0.15) is 19.8 Å². The Morgan fingerprint density at radius 1 is 1.29 bits per heavy atom. The molecule has 2 heterocycles. The maximum Gasteiger partial charge on any atom is 0.319 e. The van der Waals surface area contributed by atoms with E-state index in [-0.39, 0.29) is 6.03 Å². The highest BCUT2D eigenvalue weighted by molar-refractivity contribution is 5.89. The first kappa shape index (κ1) is 14.1. The van der Waals surface area contributed by atoms with Crippen LogP contribution in [0.5, 0.6) is 0 Å². The number of hydrogen-bond donors (Lipinski definition) is 2. The molecule has 1 aromatic rings. The molecule has 1 saturated carbocycles. The number of anilines is 2. The van der Waals surface area contributed by atoms with Gasteiger partial charge < -0.3 is 20.4 Å². The van der Waals surface area contributed by atoms with Crippen LogP contribution in [0, 0.1) is 0 Å².